The van der Waals surface area contributed by atoms with Crippen LogP contribution in [0.1, 0.15) is 71.9 Å². The van der Waals surface area contributed by atoms with Crippen LogP contribution in [0, 0.1) is 0 Å². The van der Waals surface area contributed by atoms with Gasteiger partial charge in [-0.25, -0.2) is 4.79 Å². The average molecular weight is 652 g/mol. The van der Waals surface area contributed by atoms with Gasteiger partial charge >= 0.3 is 24.2 Å². The quantitative estimate of drug-likeness (QED) is 0.208. The standard InChI is InChI=1S/C32H40F3N3O8/c1-30(2,3)45-25(39)17-16-23(27(41)36-22-14-12-21(13-15-22)32(33,34)35)37-28(42)24(18-26(40)46-31(4,5)6)38-29(43)44-19-20-10-8-7-9-11-20/h7-15,23-24H,16-19H2,1-6H3,(H,36,41)(H,37,42)(H,38,43)/t23-,24-/m0/s1. The minimum Gasteiger partial charge on any atom is -0.460 e. The summed E-state index contributed by atoms with van der Waals surface area (Å²) in [7, 11) is 0. The minimum absolute atomic E-state index is 0.0116. The van der Waals surface area contributed by atoms with Gasteiger partial charge in [0.25, 0.3) is 0 Å². The number of nitrogens with one attached hydrogen (secondary N) is 3. The van der Waals surface area contributed by atoms with Gasteiger partial charge in [0.2, 0.25) is 11.8 Å². The summed E-state index contributed by atoms with van der Waals surface area (Å²) in [5, 5.41) is 7.14. The fraction of sp³-hybridized carbons (Fsp3) is 0.469. The summed E-state index contributed by atoms with van der Waals surface area (Å²) in [6, 6.07) is 9.27. The number of alkyl halides is 3. The number of rotatable bonds is 12. The summed E-state index contributed by atoms with van der Waals surface area (Å²) in [5.74, 6) is -3.38. The van der Waals surface area contributed by atoms with Crippen LogP contribution in [0.25, 0.3) is 0 Å². The van der Waals surface area contributed by atoms with E-state index in [0.29, 0.717) is 5.56 Å². The topological polar surface area (TPSA) is 149 Å². The van der Waals surface area contributed by atoms with Crippen molar-refractivity contribution in [3.05, 3.63) is 65.7 Å². The van der Waals surface area contributed by atoms with E-state index in [4.69, 9.17) is 14.2 Å². The Morgan fingerprint density at radius 2 is 1.28 bits per heavy atom. The molecule has 0 fully saturated rings. The first kappa shape index (κ1) is 37.6. The number of hydrogen-bond acceptors (Lipinski definition) is 8. The maximum atomic E-state index is 13.4. The molecule has 2 aromatic carbocycles. The summed E-state index contributed by atoms with van der Waals surface area (Å²) in [5.41, 5.74) is -2.03. The fourth-order valence-corrected chi connectivity index (χ4v) is 3.83. The van der Waals surface area contributed by atoms with Crippen molar-refractivity contribution >= 4 is 35.5 Å². The lowest BCUT2D eigenvalue weighted by molar-refractivity contribution is -0.156. The maximum Gasteiger partial charge on any atom is 0.416 e. The molecule has 2 aromatic rings. The van der Waals surface area contributed by atoms with Crippen LogP contribution in [0.4, 0.5) is 23.7 Å². The van der Waals surface area contributed by atoms with E-state index < -0.39 is 71.3 Å². The van der Waals surface area contributed by atoms with Crippen LogP contribution >= 0.6 is 0 Å². The first-order valence-electron chi connectivity index (χ1n) is 14.4. The molecule has 2 rings (SSSR count). The first-order chi connectivity index (χ1) is 21.2. The van der Waals surface area contributed by atoms with Crippen molar-refractivity contribution in [2.24, 2.45) is 0 Å². The zero-order valence-electron chi connectivity index (χ0n) is 26.6. The molecule has 0 heterocycles. The summed E-state index contributed by atoms with van der Waals surface area (Å²) in [6.45, 7) is 9.63. The predicted molar refractivity (Wildman–Crippen MR) is 161 cm³/mol. The van der Waals surface area contributed by atoms with Gasteiger partial charge < -0.3 is 30.2 Å². The maximum absolute atomic E-state index is 13.4. The highest BCUT2D eigenvalue weighted by atomic mass is 19.4. The minimum atomic E-state index is -4.59. The molecule has 0 aliphatic heterocycles. The van der Waals surface area contributed by atoms with Crippen LogP contribution in [0.2, 0.25) is 0 Å². The molecule has 14 heteroatoms. The third-order valence-corrected chi connectivity index (χ3v) is 5.78. The van der Waals surface area contributed by atoms with Crippen molar-refractivity contribution in [3.8, 4) is 0 Å². The van der Waals surface area contributed by atoms with Gasteiger partial charge in [-0.1, -0.05) is 30.3 Å². The normalized spacial score (nSPS) is 13.1. The highest BCUT2D eigenvalue weighted by Gasteiger charge is 2.32. The lowest BCUT2D eigenvalue weighted by Gasteiger charge is -2.25. The molecule has 0 radical (unpaired) electrons. The Hall–Kier alpha value is -4.62. The Labute approximate surface area is 265 Å². The summed E-state index contributed by atoms with van der Waals surface area (Å²) >= 11 is 0. The molecule has 0 aliphatic rings. The van der Waals surface area contributed by atoms with E-state index in [-0.39, 0.29) is 25.1 Å². The van der Waals surface area contributed by atoms with Crippen molar-refractivity contribution in [3.63, 3.8) is 0 Å². The molecule has 3 N–H and O–H groups in total. The molecule has 11 nitrogen and oxygen atoms in total. The molecule has 2 atom stereocenters. The second-order valence-corrected chi connectivity index (χ2v) is 12.3. The Balaban J connectivity index is 2.26. The van der Waals surface area contributed by atoms with E-state index in [1.807, 2.05) is 0 Å². The average Bonchev–Trinajstić information content (AvgIpc) is 2.92. The van der Waals surface area contributed by atoms with Gasteiger partial charge in [-0.05, 0) is 77.8 Å². The largest absolute Gasteiger partial charge is 0.460 e. The molecular formula is C32H40F3N3O8. The number of benzene rings is 2. The molecule has 3 amide bonds. The summed E-state index contributed by atoms with van der Waals surface area (Å²) in [4.78, 5) is 64.3. The number of carbonyl (C=O) groups excluding carboxylic acids is 5. The molecular weight excluding hydrogens is 611 g/mol. The molecule has 0 aromatic heterocycles. The van der Waals surface area contributed by atoms with Gasteiger partial charge in [-0.2, -0.15) is 13.2 Å². The Morgan fingerprint density at radius 3 is 1.83 bits per heavy atom. The lowest BCUT2D eigenvalue weighted by atomic mass is 10.1. The van der Waals surface area contributed by atoms with Gasteiger partial charge in [0.05, 0.1) is 12.0 Å². The highest BCUT2D eigenvalue weighted by molar-refractivity contribution is 5.99. The molecule has 0 aliphatic carbocycles. The van der Waals surface area contributed by atoms with Gasteiger partial charge in [-0.3, -0.25) is 19.2 Å². The molecule has 0 saturated carbocycles. The second kappa shape index (κ2) is 16.1. The monoisotopic (exact) mass is 651 g/mol. The Morgan fingerprint density at radius 1 is 0.717 bits per heavy atom. The van der Waals surface area contributed by atoms with Crippen LogP contribution in [-0.4, -0.2) is 53.1 Å². The number of anilines is 1. The van der Waals surface area contributed by atoms with Crippen molar-refractivity contribution in [1.82, 2.24) is 10.6 Å². The number of halogens is 3. The highest BCUT2D eigenvalue weighted by Crippen LogP contribution is 2.30. The smallest absolute Gasteiger partial charge is 0.416 e. The predicted octanol–water partition coefficient (Wildman–Crippen LogP) is 5.28. The molecule has 0 spiro atoms. The lowest BCUT2D eigenvalue weighted by Crippen LogP contribution is -2.53. The number of amides is 3. The number of esters is 2. The van der Waals surface area contributed by atoms with Crippen molar-refractivity contribution in [1.29, 1.82) is 0 Å². The number of hydrogen-bond donors (Lipinski definition) is 3. The zero-order valence-corrected chi connectivity index (χ0v) is 26.6. The molecule has 0 saturated heterocycles. The van der Waals surface area contributed by atoms with E-state index in [2.05, 4.69) is 16.0 Å². The van der Waals surface area contributed by atoms with Crippen LogP contribution in [0.3, 0.4) is 0 Å². The van der Waals surface area contributed by atoms with Crippen LogP contribution in [0.5, 0.6) is 0 Å². The fourth-order valence-electron chi connectivity index (χ4n) is 3.83. The van der Waals surface area contributed by atoms with Gasteiger partial charge in [-0.15, -0.1) is 0 Å². The number of alkyl carbamates (subject to hydrolysis) is 1. The molecule has 0 unspecified atom stereocenters. The number of carbonyl (C=O) groups is 5. The van der Waals surface area contributed by atoms with Gasteiger partial charge in [0, 0.05) is 12.1 Å². The first-order valence-corrected chi connectivity index (χ1v) is 14.4. The van der Waals surface area contributed by atoms with E-state index in [9.17, 15) is 37.1 Å². The molecule has 46 heavy (non-hydrogen) atoms. The van der Waals surface area contributed by atoms with Gasteiger partial charge in [0.15, 0.2) is 0 Å². The van der Waals surface area contributed by atoms with E-state index >= 15 is 0 Å². The molecule has 0 bridgehead atoms. The van der Waals surface area contributed by atoms with Crippen LogP contribution < -0.4 is 16.0 Å². The van der Waals surface area contributed by atoms with Gasteiger partial charge in [0.1, 0.15) is 29.9 Å². The van der Waals surface area contributed by atoms with Crippen molar-refractivity contribution < 1.29 is 51.4 Å². The van der Waals surface area contributed by atoms with Crippen molar-refractivity contribution in [2.45, 2.75) is 96.9 Å². The zero-order chi connectivity index (χ0) is 34.7. The van der Waals surface area contributed by atoms with Crippen LogP contribution in [-0.2, 0) is 46.2 Å². The summed E-state index contributed by atoms with van der Waals surface area (Å²) < 4.78 is 54.7. The summed E-state index contributed by atoms with van der Waals surface area (Å²) in [6.07, 6.45) is -6.88. The second-order valence-electron chi connectivity index (χ2n) is 12.3. The third-order valence-electron chi connectivity index (χ3n) is 5.78. The van der Waals surface area contributed by atoms with E-state index in [1.165, 1.54) is 0 Å². The third kappa shape index (κ3) is 14.4. The van der Waals surface area contributed by atoms with Crippen LogP contribution in [0.15, 0.2) is 54.6 Å². The van der Waals surface area contributed by atoms with E-state index in [1.54, 1.807) is 71.9 Å². The van der Waals surface area contributed by atoms with Crippen molar-refractivity contribution in [2.75, 3.05) is 5.32 Å². The molecule has 252 valence electrons. The Kier molecular flexibility index (Phi) is 13.1. The van der Waals surface area contributed by atoms with E-state index in [0.717, 1.165) is 24.3 Å². The SMILES string of the molecule is CC(C)(C)OC(=O)CC[C@H](NC(=O)[C@H](CC(=O)OC(C)(C)C)NC(=O)OCc1ccccc1)C(=O)Nc1ccc(C(F)(F)F)cc1. The Bertz CT molecular complexity index is 1350. The number of ether oxygens (including phenoxy) is 3.